The zero-order valence-corrected chi connectivity index (χ0v) is 9.60. The molecule has 0 bridgehead atoms. The third-order valence-corrected chi connectivity index (χ3v) is 2.87. The Morgan fingerprint density at radius 3 is 2.82 bits per heavy atom. The standard InChI is InChI=1S/C13H16FNO2/c14-12-3-1-2-11(6-12)8-15(9-13(16)17)7-10-4-5-10/h1-3,6,10H,4-5,7-9H2,(H,16,17). The van der Waals surface area contributed by atoms with Crippen LogP contribution in [0, 0.1) is 11.7 Å². The minimum absolute atomic E-state index is 0.0208. The maximum Gasteiger partial charge on any atom is 0.317 e. The minimum Gasteiger partial charge on any atom is -0.480 e. The molecule has 1 fully saturated rings. The predicted octanol–water partition coefficient (Wildman–Crippen LogP) is 2.12. The largest absolute Gasteiger partial charge is 0.480 e. The zero-order valence-electron chi connectivity index (χ0n) is 9.60. The number of hydrogen-bond acceptors (Lipinski definition) is 2. The molecule has 1 saturated carbocycles. The first-order valence-electron chi connectivity index (χ1n) is 5.82. The van der Waals surface area contributed by atoms with Gasteiger partial charge in [-0.25, -0.2) is 4.39 Å². The van der Waals surface area contributed by atoms with Crippen molar-refractivity contribution in [3.8, 4) is 0 Å². The van der Waals surface area contributed by atoms with E-state index in [4.69, 9.17) is 5.11 Å². The average Bonchev–Trinajstić information content (AvgIpc) is 3.00. The van der Waals surface area contributed by atoms with Gasteiger partial charge in [-0.05, 0) is 36.5 Å². The van der Waals surface area contributed by atoms with Gasteiger partial charge in [-0.1, -0.05) is 12.1 Å². The van der Waals surface area contributed by atoms with Crippen molar-refractivity contribution in [3.05, 3.63) is 35.6 Å². The molecule has 1 aliphatic rings. The molecule has 0 saturated heterocycles. The molecular formula is C13H16FNO2. The Kier molecular flexibility index (Phi) is 3.74. The predicted molar refractivity (Wildman–Crippen MR) is 62.0 cm³/mol. The zero-order chi connectivity index (χ0) is 12.3. The van der Waals surface area contributed by atoms with Crippen molar-refractivity contribution in [1.82, 2.24) is 4.90 Å². The Labute approximate surface area is 99.9 Å². The summed E-state index contributed by atoms with van der Waals surface area (Å²) in [7, 11) is 0. The second-order valence-corrected chi connectivity index (χ2v) is 4.64. The number of carbonyl (C=O) groups is 1. The molecule has 1 aromatic carbocycles. The van der Waals surface area contributed by atoms with E-state index in [0.29, 0.717) is 12.5 Å². The molecule has 0 radical (unpaired) electrons. The molecule has 1 aliphatic carbocycles. The van der Waals surface area contributed by atoms with Crippen molar-refractivity contribution < 1.29 is 14.3 Å². The highest BCUT2D eigenvalue weighted by Crippen LogP contribution is 2.30. The molecule has 0 aliphatic heterocycles. The van der Waals surface area contributed by atoms with Crippen LogP contribution < -0.4 is 0 Å². The van der Waals surface area contributed by atoms with Gasteiger partial charge in [-0.2, -0.15) is 0 Å². The molecule has 0 aromatic heterocycles. The normalized spacial score (nSPS) is 15.2. The number of carboxylic acids is 1. The van der Waals surface area contributed by atoms with Crippen molar-refractivity contribution in [2.24, 2.45) is 5.92 Å². The van der Waals surface area contributed by atoms with Crippen molar-refractivity contribution in [3.63, 3.8) is 0 Å². The van der Waals surface area contributed by atoms with Gasteiger partial charge in [0.05, 0.1) is 6.54 Å². The summed E-state index contributed by atoms with van der Waals surface area (Å²) in [6.07, 6.45) is 2.36. The molecule has 0 spiro atoms. The van der Waals surface area contributed by atoms with E-state index in [9.17, 15) is 9.18 Å². The van der Waals surface area contributed by atoms with E-state index in [1.54, 1.807) is 6.07 Å². The summed E-state index contributed by atoms with van der Waals surface area (Å²) in [5, 5.41) is 8.83. The summed E-state index contributed by atoms with van der Waals surface area (Å²) < 4.78 is 13.0. The van der Waals surface area contributed by atoms with Crippen molar-refractivity contribution >= 4 is 5.97 Å². The lowest BCUT2D eigenvalue weighted by molar-refractivity contribution is -0.138. The molecule has 1 aromatic rings. The summed E-state index contributed by atoms with van der Waals surface area (Å²) >= 11 is 0. The van der Waals surface area contributed by atoms with E-state index in [1.807, 2.05) is 11.0 Å². The second kappa shape index (κ2) is 5.27. The molecule has 0 heterocycles. The van der Waals surface area contributed by atoms with E-state index in [1.165, 1.54) is 25.0 Å². The quantitative estimate of drug-likeness (QED) is 0.824. The van der Waals surface area contributed by atoms with Gasteiger partial charge < -0.3 is 5.11 Å². The van der Waals surface area contributed by atoms with Crippen LogP contribution in [0.25, 0.3) is 0 Å². The molecule has 0 unspecified atom stereocenters. The first-order chi connectivity index (χ1) is 8.13. The Bertz CT molecular complexity index is 404. The number of carboxylic acid groups (broad SMARTS) is 1. The Morgan fingerprint density at radius 2 is 2.24 bits per heavy atom. The topological polar surface area (TPSA) is 40.5 Å². The van der Waals surface area contributed by atoms with Crippen LogP contribution in [-0.2, 0) is 11.3 Å². The van der Waals surface area contributed by atoms with Crippen LogP contribution in [0.4, 0.5) is 4.39 Å². The van der Waals surface area contributed by atoms with Gasteiger partial charge in [0.2, 0.25) is 0 Å². The number of benzene rings is 1. The molecule has 92 valence electrons. The lowest BCUT2D eigenvalue weighted by Crippen LogP contribution is -2.31. The highest BCUT2D eigenvalue weighted by Gasteiger charge is 2.25. The Balaban J connectivity index is 1.97. The average molecular weight is 237 g/mol. The SMILES string of the molecule is O=C(O)CN(Cc1cccc(F)c1)CC1CC1. The number of hydrogen-bond donors (Lipinski definition) is 1. The first-order valence-corrected chi connectivity index (χ1v) is 5.82. The monoisotopic (exact) mass is 237 g/mol. The fourth-order valence-electron chi connectivity index (χ4n) is 1.94. The molecule has 3 nitrogen and oxygen atoms in total. The van der Waals surface area contributed by atoms with Crippen LogP contribution in [0.15, 0.2) is 24.3 Å². The van der Waals surface area contributed by atoms with Crippen molar-refractivity contribution in [1.29, 1.82) is 0 Å². The van der Waals surface area contributed by atoms with E-state index < -0.39 is 5.97 Å². The van der Waals surface area contributed by atoms with Gasteiger partial charge in [0.1, 0.15) is 5.82 Å². The van der Waals surface area contributed by atoms with Crippen molar-refractivity contribution in [2.45, 2.75) is 19.4 Å². The van der Waals surface area contributed by atoms with E-state index in [-0.39, 0.29) is 12.4 Å². The van der Waals surface area contributed by atoms with E-state index in [0.717, 1.165) is 12.1 Å². The molecule has 0 amide bonds. The lowest BCUT2D eigenvalue weighted by atomic mass is 10.2. The lowest BCUT2D eigenvalue weighted by Gasteiger charge is -2.20. The van der Waals surface area contributed by atoms with Gasteiger partial charge in [0.15, 0.2) is 0 Å². The fraction of sp³-hybridized carbons (Fsp3) is 0.462. The summed E-state index contributed by atoms with van der Waals surface area (Å²) in [6, 6.07) is 6.33. The van der Waals surface area contributed by atoms with E-state index in [2.05, 4.69) is 0 Å². The summed E-state index contributed by atoms with van der Waals surface area (Å²) in [5.74, 6) is -0.478. The number of nitrogens with zero attached hydrogens (tertiary/aromatic N) is 1. The molecule has 2 rings (SSSR count). The third kappa shape index (κ3) is 4.15. The van der Waals surface area contributed by atoms with Crippen LogP contribution in [-0.4, -0.2) is 29.1 Å². The number of aliphatic carboxylic acids is 1. The summed E-state index contributed by atoms with van der Waals surface area (Å²) in [6.45, 7) is 1.32. The fourth-order valence-corrected chi connectivity index (χ4v) is 1.94. The number of halogens is 1. The smallest absolute Gasteiger partial charge is 0.317 e. The van der Waals surface area contributed by atoms with E-state index >= 15 is 0 Å². The maximum atomic E-state index is 13.0. The summed E-state index contributed by atoms with van der Waals surface area (Å²) in [4.78, 5) is 12.6. The maximum absolute atomic E-state index is 13.0. The highest BCUT2D eigenvalue weighted by atomic mass is 19.1. The minimum atomic E-state index is -0.831. The van der Waals surface area contributed by atoms with Crippen LogP contribution in [0.1, 0.15) is 18.4 Å². The highest BCUT2D eigenvalue weighted by molar-refractivity contribution is 5.69. The molecule has 17 heavy (non-hydrogen) atoms. The van der Waals surface area contributed by atoms with Crippen LogP contribution in [0.5, 0.6) is 0 Å². The van der Waals surface area contributed by atoms with Crippen LogP contribution in [0.3, 0.4) is 0 Å². The molecule has 0 atom stereocenters. The van der Waals surface area contributed by atoms with Gasteiger partial charge >= 0.3 is 5.97 Å². The third-order valence-electron chi connectivity index (χ3n) is 2.87. The second-order valence-electron chi connectivity index (χ2n) is 4.64. The number of rotatable bonds is 6. The Morgan fingerprint density at radius 1 is 1.47 bits per heavy atom. The van der Waals surface area contributed by atoms with Gasteiger partial charge in [-0.3, -0.25) is 9.69 Å². The van der Waals surface area contributed by atoms with Crippen LogP contribution >= 0.6 is 0 Å². The van der Waals surface area contributed by atoms with Gasteiger partial charge in [0.25, 0.3) is 0 Å². The van der Waals surface area contributed by atoms with Gasteiger partial charge in [0, 0.05) is 13.1 Å². The first kappa shape index (κ1) is 12.0. The van der Waals surface area contributed by atoms with Crippen molar-refractivity contribution in [2.75, 3.05) is 13.1 Å². The molecular weight excluding hydrogens is 221 g/mol. The molecule has 1 N–H and O–H groups in total. The summed E-state index contributed by atoms with van der Waals surface area (Å²) in [5.41, 5.74) is 0.826. The van der Waals surface area contributed by atoms with Crippen LogP contribution in [0.2, 0.25) is 0 Å². The molecule has 4 heteroatoms. The Hall–Kier alpha value is -1.42. The van der Waals surface area contributed by atoms with Gasteiger partial charge in [-0.15, -0.1) is 0 Å².